The number of rotatable bonds is 10. The largest absolute Gasteiger partial charge is 0.389 e. The van der Waals surface area contributed by atoms with Gasteiger partial charge in [0.2, 0.25) is 11.8 Å². The Labute approximate surface area is 242 Å². The molecule has 0 unspecified atom stereocenters. The fraction of sp³-hybridized carbons (Fsp3) is 0.448. The van der Waals surface area contributed by atoms with Gasteiger partial charge in [-0.25, -0.2) is 0 Å². The van der Waals surface area contributed by atoms with Crippen LogP contribution in [0.25, 0.3) is 0 Å². The minimum Gasteiger partial charge on any atom is -0.369 e. The summed E-state index contributed by atoms with van der Waals surface area (Å²) in [4.78, 5) is 43.3. The first-order valence-corrected chi connectivity index (χ1v) is 13.7. The molecule has 0 saturated heterocycles. The molecular formula is C29H28ClF6N3O3. The maximum Gasteiger partial charge on any atom is 0.389 e. The standard InChI is InChI=1S/C29H28ClF6N3O3/c30-22-6-2-5-18-21(22)14-23(40)26(38-24(18)17-4-1-3-16(13-17)15-7-8-15)39-27(42)20(10-12-29(34,35)36)19(25(37)41)9-11-28(31,32)33/h1-6,13,15,19-20,26H,7-12,14H2,(H2,37,41)(H,39,42)/t19-,20+,26+/m0/s1. The number of primary amides is 1. The van der Waals surface area contributed by atoms with Gasteiger partial charge in [-0.3, -0.25) is 19.4 Å². The Hall–Kier alpha value is -3.41. The van der Waals surface area contributed by atoms with Gasteiger partial charge in [0.1, 0.15) is 0 Å². The topological polar surface area (TPSA) is 102 Å². The number of nitrogens with one attached hydrogen (secondary N) is 1. The van der Waals surface area contributed by atoms with Crippen LogP contribution in [0.2, 0.25) is 5.02 Å². The summed E-state index contributed by atoms with van der Waals surface area (Å²) < 4.78 is 78.1. The Kier molecular flexibility index (Phi) is 9.34. The summed E-state index contributed by atoms with van der Waals surface area (Å²) in [6, 6.07) is 12.4. The zero-order valence-electron chi connectivity index (χ0n) is 22.2. The number of amides is 2. The molecule has 6 nitrogen and oxygen atoms in total. The monoisotopic (exact) mass is 615 g/mol. The normalized spacial score (nSPS) is 18.9. The first kappa shape index (κ1) is 31.5. The number of nitrogens with two attached hydrogens (primary N) is 1. The van der Waals surface area contributed by atoms with Crippen LogP contribution < -0.4 is 11.1 Å². The molecule has 226 valence electrons. The molecule has 2 amide bonds. The van der Waals surface area contributed by atoms with Crippen molar-refractivity contribution in [3.63, 3.8) is 0 Å². The molecular weight excluding hydrogens is 588 g/mol. The smallest absolute Gasteiger partial charge is 0.369 e. The second kappa shape index (κ2) is 12.4. The molecule has 42 heavy (non-hydrogen) atoms. The van der Waals surface area contributed by atoms with Gasteiger partial charge >= 0.3 is 12.4 Å². The van der Waals surface area contributed by atoms with E-state index in [0.29, 0.717) is 28.3 Å². The predicted molar refractivity (Wildman–Crippen MR) is 143 cm³/mol. The Morgan fingerprint density at radius 3 is 2.19 bits per heavy atom. The lowest BCUT2D eigenvalue weighted by molar-refractivity contribution is -0.152. The van der Waals surface area contributed by atoms with E-state index in [0.717, 1.165) is 18.4 Å². The van der Waals surface area contributed by atoms with Crippen LogP contribution in [0.1, 0.15) is 66.7 Å². The molecule has 3 N–H and O–H groups in total. The molecule has 13 heteroatoms. The van der Waals surface area contributed by atoms with Crippen LogP contribution >= 0.6 is 11.6 Å². The highest BCUT2D eigenvalue weighted by molar-refractivity contribution is 6.32. The highest BCUT2D eigenvalue weighted by atomic mass is 35.5. The number of nitrogens with zero attached hydrogens (tertiary/aromatic N) is 1. The average Bonchev–Trinajstić information content (AvgIpc) is 3.74. The molecule has 1 fully saturated rings. The van der Waals surface area contributed by atoms with Gasteiger partial charge in [0.15, 0.2) is 11.9 Å². The van der Waals surface area contributed by atoms with Crippen molar-refractivity contribution in [2.45, 2.75) is 69.4 Å². The van der Waals surface area contributed by atoms with Crippen molar-refractivity contribution >= 4 is 34.9 Å². The summed E-state index contributed by atoms with van der Waals surface area (Å²) in [5.41, 5.74) is 8.20. The lowest BCUT2D eigenvalue weighted by atomic mass is 9.83. The van der Waals surface area contributed by atoms with Crippen LogP contribution in [0.3, 0.4) is 0 Å². The summed E-state index contributed by atoms with van der Waals surface area (Å²) >= 11 is 6.42. The number of benzene rings is 2. The third-order valence-electron chi connectivity index (χ3n) is 7.44. The van der Waals surface area contributed by atoms with E-state index < -0.39 is 73.6 Å². The number of carbonyl (C=O) groups excluding carboxylic acids is 3. The van der Waals surface area contributed by atoms with Gasteiger partial charge in [-0.1, -0.05) is 41.9 Å². The van der Waals surface area contributed by atoms with Crippen molar-refractivity contribution in [3.05, 3.63) is 69.7 Å². The van der Waals surface area contributed by atoms with Gasteiger partial charge in [-0.15, -0.1) is 0 Å². The highest BCUT2D eigenvalue weighted by Crippen LogP contribution is 2.40. The minimum absolute atomic E-state index is 0.267. The van der Waals surface area contributed by atoms with Crippen molar-refractivity contribution in [2.24, 2.45) is 22.6 Å². The minimum atomic E-state index is -4.76. The molecule has 4 rings (SSSR count). The van der Waals surface area contributed by atoms with E-state index in [9.17, 15) is 40.7 Å². The van der Waals surface area contributed by atoms with Gasteiger partial charge in [0.05, 0.1) is 5.71 Å². The number of ketones is 1. The van der Waals surface area contributed by atoms with Gasteiger partial charge < -0.3 is 11.1 Å². The Bertz CT molecular complexity index is 1390. The summed E-state index contributed by atoms with van der Waals surface area (Å²) in [7, 11) is 0. The quantitative estimate of drug-likeness (QED) is 0.319. The summed E-state index contributed by atoms with van der Waals surface area (Å²) in [5, 5.41) is 2.57. The molecule has 0 spiro atoms. The van der Waals surface area contributed by atoms with Gasteiger partial charge in [0.25, 0.3) is 0 Å². The molecule has 1 aliphatic carbocycles. The van der Waals surface area contributed by atoms with Crippen LogP contribution in [0.5, 0.6) is 0 Å². The number of fused-ring (bicyclic) bond motifs is 1. The predicted octanol–water partition coefficient (Wildman–Crippen LogP) is 6.03. The van der Waals surface area contributed by atoms with Crippen molar-refractivity contribution < 1.29 is 40.7 Å². The fourth-order valence-corrected chi connectivity index (χ4v) is 5.38. The van der Waals surface area contributed by atoms with Gasteiger partial charge in [-0.2, -0.15) is 26.3 Å². The summed E-state index contributed by atoms with van der Waals surface area (Å²) in [5.74, 6) is -6.59. The number of carbonyl (C=O) groups is 3. The number of Topliss-reactive ketones (excluding diaryl/α,β-unsaturated/α-hetero) is 1. The van der Waals surface area contributed by atoms with Gasteiger partial charge in [-0.05, 0) is 54.9 Å². The number of hydrogen-bond donors (Lipinski definition) is 2. The van der Waals surface area contributed by atoms with Crippen molar-refractivity contribution in [2.75, 3.05) is 0 Å². The van der Waals surface area contributed by atoms with Crippen LogP contribution in [0.4, 0.5) is 26.3 Å². The van der Waals surface area contributed by atoms with Crippen molar-refractivity contribution in [3.8, 4) is 0 Å². The molecule has 0 radical (unpaired) electrons. The fourth-order valence-electron chi connectivity index (χ4n) is 5.14. The third kappa shape index (κ3) is 8.11. The van der Waals surface area contributed by atoms with E-state index in [1.165, 1.54) is 0 Å². The van der Waals surface area contributed by atoms with Gasteiger partial charge in [0, 0.05) is 47.2 Å². The zero-order chi connectivity index (χ0) is 30.8. The maximum atomic E-state index is 13.4. The molecule has 0 bridgehead atoms. The molecule has 2 aliphatic rings. The number of halogens is 7. The second-order valence-electron chi connectivity index (χ2n) is 10.6. The maximum absolute atomic E-state index is 13.4. The van der Waals surface area contributed by atoms with Crippen molar-refractivity contribution in [1.82, 2.24) is 5.32 Å². The molecule has 0 aromatic heterocycles. The number of aliphatic imine (C=N–C) groups is 1. The van der Waals surface area contributed by atoms with E-state index in [-0.39, 0.29) is 11.4 Å². The van der Waals surface area contributed by atoms with E-state index in [2.05, 4.69) is 10.3 Å². The molecule has 3 atom stereocenters. The highest BCUT2D eigenvalue weighted by Gasteiger charge is 2.40. The number of alkyl halides is 6. The van der Waals surface area contributed by atoms with Crippen LogP contribution in [-0.4, -0.2) is 41.8 Å². The molecule has 1 saturated carbocycles. The summed E-state index contributed by atoms with van der Waals surface area (Å²) in [6.45, 7) is 0. The third-order valence-corrected chi connectivity index (χ3v) is 7.80. The van der Waals surface area contributed by atoms with Crippen molar-refractivity contribution in [1.29, 1.82) is 0 Å². The SMILES string of the molecule is NC(=O)[C@@H](CCC(F)(F)F)[C@@H](CCC(F)(F)F)C(=O)N[C@H]1N=C(c2cccc(C3CC3)c2)c2cccc(Cl)c2CC1=O. The first-order chi connectivity index (χ1) is 19.6. The molecule has 1 heterocycles. The number of hydrogen-bond acceptors (Lipinski definition) is 4. The molecule has 1 aliphatic heterocycles. The van der Waals surface area contributed by atoms with Crippen LogP contribution in [0, 0.1) is 11.8 Å². The van der Waals surface area contributed by atoms with E-state index in [1.54, 1.807) is 24.3 Å². The Morgan fingerprint density at radius 1 is 0.976 bits per heavy atom. The zero-order valence-corrected chi connectivity index (χ0v) is 23.0. The Balaban J connectivity index is 1.70. The van der Waals surface area contributed by atoms with E-state index in [4.69, 9.17) is 17.3 Å². The average molecular weight is 616 g/mol. The molecule has 2 aromatic carbocycles. The van der Waals surface area contributed by atoms with E-state index in [1.807, 2.05) is 18.2 Å². The lowest BCUT2D eigenvalue weighted by Crippen LogP contribution is -2.47. The van der Waals surface area contributed by atoms with E-state index >= 15 is 0 Å². The summed E-state index contributed by atoms with van der Waals surface area (Å²) in [6.07, 6.45) is -14.4. The first-order valence-electron chi connectivity index (χ1n) is 13.3. The Morgan fingerprint density at radius 2 is 1.60 bits per heavy atom. The second-order valence-corrected chi connectivity index (χ2v) is 11.0. The molecule has 2 aromatic rings. The lowest BCUT2D eigenvalue weighted by Gasteiger charge is -2.26. The van der Waals surface area contributed by atoms with Crippen LogP contribution in [0.15, 0.2) is 47.5 Å². The van der Waals surface area contributed by atoms with Crippen LogP contribution in [-0.2, 0) is 20.8 Å².